The second kappa shape index (κ2) is 7.34. The Kier molecular flexibility index (Phi) is 5.24. The Morgan fingerprint density at radius 3 is 2.14 bits per heavy atom. The normalized spacial score (nSPS) is 22.7. The fourth-order valence-electron chi connectivity index (χ4n) is 3.67. The topological polar surface area (TPSA) is 81.6 Å². The zero-order chi connectivity index (χ0) is 20.5. The Hall–Kier alpha value is -2.76. The van der Waals surface area contributed by atoms with Crippen molar-refractivity contribution >= 4 is 17.5 Å². The summed E-state index contributed by atoms with van der Waals surface area (Å²) in [5.41, 5.74) is 11.7. The molecule has 1 amide bonds. The summed E-state index contributed by atoms with van der Waals surface area (Å²) in [6.07, 6.45) is -0.0231. The highest BCUT2D eigenvalue weighted by atomic mass is 19.1. The van der Waals surface area contributed by atoms with Crippen LogP contribution in [0.15, 0.2) is 48.5 Å². The quantitative estimate of drug-likeness (QED) is 0.749. The maximum atomic E-state index is 16.6. The number of carbonyl (C=O) groups is 1. The van der Waals surface area contributed by atoms with E-state index < -0.39 is 23.3 Å². The second-order valence-corrected chi connectivity index (χ2v) is 8.39. The first-order chi connectivity index (χ1) is 13.1. The van der Waals surface area contributed by atoms with Gasteiger partial charge in [0.2, 0.25) is 0 Å². The third-order valence-corrected chi connectivity index (χ3v) is 5.04. The van der Waals surface area contributed by atoms with Gasteiger partial charge in [-0.15, -0.1) is 0 Å². The van der Waals surface area contributed by atoms with Crippen molar-refractivity contribution in [2.45, 2.75) is 44.4 Å². The van der Waals surface area contributed by atoms with Gasteiger partial charge < -0.3 is 21.1 Å². The van der Waals surface area contributed by atoms with Crippen molar-refractivity contribution in [3.63, 3.8) is 0 Å². The van der Waals surface area contributed by atoms with Crippen molar-refractivity contribution in [1.29, 1.82) is 0 Å². The Labute approximate surface area is 165 Å². The Morgan fingerprint density at radius 1 is 1.07 bits per heavy atom. The Bertz CT molecular complexity index is 830. The van der Waals surface area contributed by atoms with Crippen LogP contribution in [0.3, 0.4) is 0 Å². The second-order valence-electron chi connectivity index (χ2n) is 8.39. The number of amides is 1. The molecule has 0 spiro atoms. The summed E-state index contributed by atoms with van der Waals surface area (Å²) in [6.45, 7) is 5.74. The number of hydrogen-bond donors (Lipinski definition) is 2. The minimum Gasteiger partial charge on any atom is -0.444 e. The molecule has 1 saturated heterocycles. The SMILES string of the molecule is CC(C)(C)OC(=O)N1CCC(c2ccc(N)cc2)C(F)(c2ccc(N)cc2)C1. The number of ether oxygens (including phenoxy) is 1. The molecule has 2 aromatic rings. The average molecular weight is 385 g/mol. The number of nitrogens with zero attached hydrogens (tertiary/aromatic N) is 1. The van der Waals surface area contributed by atoms with Gasteiger partial charge in [0, 0.05) is 23.8 Å². The number of alkyl halides is 1. The van der Waals surface area contributed by atoms with Crippen LogP contribution in [0.2, 0.25) is 0 Å². The summed E-state index contributed by atoms with van der Waals surface area (Å²) in [6, 6.07) is 14.0. The lowest BCUT2D eigenvalue weighted by Gasteiger charge is -2.44. The third-order valence-electron chi connectivity index (χ3n) is 5.04. The lowest BCUT2D eigenvalue weighted by atomic mass is 9.74. The molecule has 5 nitrogen and oxygen atoms in total. The summed E-state index contributed by atoms with van der Waals surface area (Å²) < 4.78 is 22.1. The molecular weight excluding hydrogens is 357 g/mol. The van der Waals surface area contributed by atoms with Crippen molar-refractivity contribution in [2.24, 2.45) is 0 Å². The average Bonchev–Trinajstić information content (AvgIpc) is 2.61. The van der Waals surface area contributed by atoms with Crippen molar-refractivity contribution in [3.05, 3.63) is 59.7 Å². The monoisotopic (exact) mass is 385 g/mol. The number of rotatable bonds is 2. The minimum atomic E-state index is -1.76. The molecule has 28 heavy (non-hydrogen) atoms. The first kappa shape index (κ1) is 20.0. The van der Waals surface area contributed by atoms with Crippen LogP contribution in [0, 0.1) is 0 Å². The van der Waals surface area contributed by atoms with Gasteiger partial charge in [-0.05, 0) is 62.6 Å². The van der Waals surface area contributed by atoms with Gasteiger partial charge in [-0.2, -0.15) is 0 Å². The van der Waals surface area contributed by atoms with Crippen LogP contribution in [-0.4, -0.2) is 29.7 Å². The Balaban J connectivity index is 1.96. The number of nitrogens with two attached hydrogens (primary N) is 2. The zero-order valence-corrected chi connectivity index (χ0v) is 16.6. The summed E-state index contributed by atoms with van der Waals surface area (Å²) in [4.78, 5) is 14.0. The van der Waals surface area contributed by atoms with Gasteiger partial charge in [0.1, 0.15) is 5.60 Å². The largest absolute Gasteiger partial charge is 0.444 e. The molecule has 1 aliphatic rings. The number of piperidine rings is 1. The van der Waals surface area contributed by atoms with Crippen LogP contribution < -0.4 is 11.5 Å². The molecule has 3 rings (SSSR count). The van der Waals surface area contributed by atoms with E-state index in [4.69, 9.17) is 16.2 Å². The molecular formula is C22H28FN3O2. The molecule has 0 aliphatic carbocycles. The number of hydrogen-bond acceptors (Lipinski definition) is 4. The van der Waals surface area contributed by atoms with Crippen LogP contribution in [-0.2, 0) is 10.4 Å². The molecule has 2 unspecified atom stereocenters. The molecule has 0 bridgehead atoms. The van der Waals surface area contributed by atoms with E-state index in [0.29, 0.717) is 29.9 Å². The van der Waals surface area contributed by atoms with Gasteiger partial charge in [0.05, 0.1) is 6.54 Å². The Morgan fingerprint density at radius 2 is 1.61 bits per heavy atom. The first-order valence-electron chi connectivity index (χ1n) is 9.47. The molecule has 2 atom stereocenters. The van der Waals surface area contributed by atoms with Crippen molar-refractivity contribution in [3.8, 4) is 0 Å². The third kappa shape index (κ3) is 4.21. The minimum absolute atomic E-state index is 0.0825. The summed E-state index contributed by atoms with van der Waals surface area (Å²) in [5.74, 6) is -0.407. The van der Waals surface area contributed by atoms with Crippen LogP contribution in [0.25, 0.3) is 0 Å². The number of anilines is 2. The molecule has 0 aromatic heterocycles. The van der Waals surface area contributed by atoms with Crippen molar-refractivity contribution in [1.82, 2.24) is 4.90 Å². The van der Waals surface area contributed by atoms with Gasteiger partial charge in [0.25, 0.3) is 0 Å². The van der Waals surface area contributed by atoms with Gasteiger partial charge in [-0.25, -0.2) is 9.18 Å². The number of benzene rings is 2. The van der Waals surface area contributed by atoms with E-state index >= 15 is 4.39 Å². The molecule has 0 radical (unpaired) electrons. The zero-order valence-electron chi connectivity index (χ0n) is 16.6. The highest BCUT2D eigenvalue weighted by Gasteiger charge is 2.48. The van der Waals surface area contributed by atoms with E-state index in [2.05, 4.69) is 0 Å². The number of carbonyl (C=O) groups excluding carboxylic acids is 1. The van der Waals surface area contributed by atoms with Gasteiger partial charge in [-0.1, -0.05) is 24.3 Å². The van der Waals surface area contributed by atoms with E-state index in [9.17, 15) is 4.79 Å². The van der Waals surface area contributed by atoms with Gasteiger partial charge in [-0.3, -0.25) is 0 Å². The van der Waals surface area contributed by atoms with Crippen LogP contribution >= 0.6 is 0 Å². The van der Waals surface area contributed by atoms with Crippen LogP contribution in [0.5, 0.6) is 0 Å². The molecule has 150 valence electrons. The summed E-state index contributed by atoms with van der Waals surface area (Å²) in [5, 5.41) is 0. The maximum absolute atomic E-state index is 16.6. The van der Waals surface area contributed by atoms with Crippen LogP contribution in [0.1, 0.15) is 44.2 Å². The molecule has 0 saturated carbocycles. The fraction of sp³-hybridized carbons (Fsp3) is 0.409. The highest BCUT2D eigenvalue weighted by molar-refractivity contribution is 5.68. The van der Waals surface area contributed by atoms with E-state index in [0.717, 1.165) is 5.56 Å². The predicted molar refractivity (Wildman–Crippen MR) is 110 cm³/mol. The molecule has 4 N–H and O–H groups in total. The predicted octanol–water partition coefficient (Wildman–Crippen LogP) is 4.44. The van der Waals surface area contributed by atoms with Gasteiger partial charge in [0.15, 0.2) is 5.67 Å². The number of nitrogen functional groups attached to an aromatic ring is 2. The van der Waals surface area contributed by atoms with Crippen molar-refractivity contribution in [2.75, 3.05) is 24.6 Å². The van der Waals surface area contributed by atoms with E-state index in [1.165, 1.54) is 4.90 Å². The standard InChI is InChI=1S/C22H28FN3O2/c1-21(2,3)28-20(27)26-13-12-19(15-4-8-17(24)9-5-15)22(23,14-26)16-6-10-18(25)11-7-16/h4-11,19H,12-14,24-25H2,1-3H3. The lowest BCUT2D eigenvalue weighted by Crippen LogP contribution is -2.51. The number of likely N-dealkylation sites (tertiary alicyclic amines) is 1. The fourth-order valence-corrected chi connectivity index (χ4v) is 3.67. The van der Waals surface area contributed by atoms with Gasteiger partial charge >= 0.3 is 6.09 Å². The smallest absolute Gasteiger partial charge is 0.410 e. The summed E-state index contributed by atoms with van der Waals surface area (Å²) in [7, 11) is 0. The molecule has 2 aromatic carbocycles. The van der Waals surface area contributed by atoms with E-state index in [1.807, 2.05) is 12.1 Å². The molecule has 1 heterocycles. The summed E-state index contributed by atoms with van der Waals surface area (Å²) >= 11 is 0. The van der Waals surface area contributed by atoms with E-state index in [-0.39, 0.29) is 6.54 Å². The number of halogens is 1. The molecule has 6 heteroatoms. The molecule has 1 fully saturated rings. The lowest BCUT2D eigenvalue weighted by molar-refractivity contribution is -0.0154. The maximum Gasteiger partial charge on any atom is 0.410 e. The highest BCUT2D eigenvalue weighted by Crippen LogP contribution is 2.46. The van der Waals surface area contributed by atoms with Crippen LogP contribution in [0.4, 0.5) is 20.6 Å². The van der Waals surface area contributed by atoms with E-state index in [1.54, 1.807) is 57.2 Å². The first-order valence-corrected chi connectivity index (χ1v) is 9.47. The molecule has 1 aliphatic heterocycles. The van der Waals surface area contributed by atoms with Crippen molar-refractivity contribution < 1.29 is 13.9 Å².